The van der Waals surface area contributed by atoms with E-state index in [0.29, 0.717) is 5.56 Å². The molecule has 12 aromatic rings. The minimum Gasteiger partial charge on any atom is -0.309 e. The third-order valence-electron chi connectivity index (χ3n) is 13.6. The summed E-state index contributed by atoms with van der Waals surface area (Å²) in [5.41, 5.74) is 16.1. The van der Waals surface area contributed by atoms with Gasteiger partial charge in [0.2, 0.25) is 0 Å². The van der Waals surface area contributed by atoms with Crippen molar-refractivity contribution < 1.29 is 4.79 Å². The largest absolute Gasteiger partial charge is 0.309 e. The quantitative estimate of drug-likeness (QED) is 0.179. The normalized spacial score (nSPS) is 13.6. The Bertz CT molecular complexity index is 3860. The summed E-state index contributed by atoms with van der Waals surface area (Å²) in [4.78, 5) is 20.5. The number of hydrogen-bond acceptors (Lipinski definition) is 2. The van der Waals surface area contributed by atoms with Gasteiger partial charge >= 0.3 is 0 Å². The molecule has 2 aliphatic rings. The summed E-state index contributed by atoms with van der Waals surface area (Å²) in [6.45, 7) is 0. The van der Waals surface area contributed by atoms with Crippen LogP contribution in [0.2, 0.25) is 0 Å². The van der Waals surface area contributed by atoms with Gasteiger partial charge in [0.05, 0.1) is 33.1 Å². The van der Waals surface area contributed by atoms with Crippen LogP contribution in [0.1, 0.15) is 32.9 Å². The Labute approximate surface area is 356 Å². The minimum absolute atomic E-state index is 0.0647. The smallest absolute Gasteiger partial charge is 0.264 e. The van der Waals surface area contributed by atoms with Crippen LogP contribution in [-0.2, 0) is 5.41 Å². The van der Waals surface area contributed by atoms with Crippen LogP contribution in [0.3, 0.4) is 0 Å². The van der Waals surface area contributed by atoms with Crippen LogP contribution >= 0.6 is 0 Å². The summed E-state index contributed by atoms with van der Waals surface area (Å²) in [6, 6.07) is 73.4. The van der Waals surface area contributed by atoms with Crippen molar-refractivity contribution in [3.8, 4) is 33.6 Å². The molecule has 4 heterocycles. The molecule has 0 atom stereocenters. The van der Waals surface area contributed by atoms with Gasteiger partial charge in [-0.3, -0.25) is 9.36 Å². The molecule has 5 heteroatoms. The molecule has 14 rings (SSSR count). The van der Waals surface area contributed by atoms with E-state index in [0.717, 1.165) is 77.9 Å². The van der Waals surface area contributed by atoms with Gasteiger partial charge in [-0.15, -0.1) is 0 Å². The number of nitrogens with zero attached hydrogens (tertiary/aromatic N) is 4. The second-order valence-corrected chi connectivity index (χ2v) is 16.6. The van der Waals surface area contributed by atoms with Gasteiger partial charge < -0.3 is 9.13 Å². The standard InChI is InChI=1S/C57H34N4O/c62-55-45-34-38(28-29-48(45)57(56-58-49-22-10-13-25-54(49)61(55)56)46-20-8-4-16-39(46)40-17-5-9-21-47(40)57)60-51-24-12-7-19-42(51)44-33-36(27-31-53(44)60)35-26-30-52-43(32-35)41-18-6-11-23-50(41)59(52)37-14-2-1-3-15-37/h1-34H. The van der Waals surface area contributed by atoms with Crippen molar-refractivity contribution in [3.05, 3.63) is 234 Å². The van der Waals surface area contributed by atoms with Crippen molar-refractivity contribution in [3.63, 3.8) is 0 Å². The molecule has 0 radical (unpaired) electrons. The van der Waals surface area contributed by atoms with Crippen molar-refractivity contribution in [2.75, 3.05) is 0 Å². The van der Waals surface area contributed by atoms with Crippen LogP contribution in [-0.4, -0.2) is 24.6 Å². The van der Waals surface area contributed by atoms with Crippen LogP contribution in [0.25, 0.3) is 88.3 Å². The molecule has 0 bridgehead atoms. The van der Waals surface area contributed by atoms with E-state index >= 15 is 4.79 Å². The fraction of sp³-hybridized carbons (Fsp3) is 0.0175. The molecule has 0 N–H and O–H groups in total. The van der Waals surface area contributed by atoms with E-state index in [-0.39, 0.29) is 5.91 Å². The number of carbonyl (C=O) groups is 1. The van der Waals surface area contributed by atoms with Gasteiger partial charge in [0.15, 0.2) is 0 Å². The average molecular weight is 791 g/mol. The monoisotopic (exact) mass is 790 g/mol. The Balaban J connectivity index is 0.977. The van der Waals surface area contributed by atoms with Gasteiger partial charge in [-0.25, -0.2) is 4.98 Å². The molecule has 9 aromatic carbocycles. The summed E-state index contributed by atoms with van der Waals surface area (Å²) in [6.07, 6.45) is 0. The Morgan fingerprint density at radius 3 is 1.50 bits per heavy atom. The highest BCUT2D eigenvalue weighted by atomic mass is 16.2. The second kappa shape index (κ2) is 12.2. The molecular formula is C57H34N4O. The molecule has 0 fully saturated rings. The second-order valence-electron chi connectivity index (χ2n) is 16.6. The predicted molar refractivity (Wildman–Crippen MR) is 251 cm³/mol. The first kappa shape index (κ1) is 33.5. The van der Waals surface area contributed by atoms with Gasteiger partial charge in [0.1, 0.15) is 11.2 Å². The predicted octanol–water partition coefficient (Wildman–Crippen LogP) is 13.3. The molecule has 0 saturated carbocycles. The van der Waals surface area contributed by atoms with E-state index in [1.54, 1.807) is 0 Å². The fourth-order valence-electron chi connectivity index (χ4n) is 11.1. The first-order valence-corrected chi connectivity index (χ1v) is 21.2. The Morgan fingerprint density at radius 2 is 0.855 bits per heavy atom. The van der Waals surface area contributed by atoms with Crippen molar-refractivity contribution in [1.29, 1.82) is 0 Å². The zero-order chi connectivity index (χ0) is 40.7. The van der Waals surface area contributed by atoms with Crippen LogP contribution in [0.4, 0.5) is 0 Å². The highest BCUT2D eigenvalue weighted by Crippen LogP contribution is 2.58. The molecule has 0 amide bonds. The number of carbonyl (C=O) groups excluding carboxylic acids is 1. The lowest BCUT2D eigenvalue weighted by molar-refractivity contribution is 0.0951. The lowest BCUT2D eigenvalue weighted by Gasteiger charge is -2.37. The summed E-state index contributed by atoms with van der Waals surface area (Å²) >= 11 is 0. The highest BCUT2D eigenvalue weighted by molar-refractivity contribution is 6.13. The first-order valence-electron chi connectivity index (χ1n) is 21.2. The maximum Gasteiger partial charge on any atom is 0.264 e. The molecule has 62 heavy (non-hydrogen) atoms. The van der Waals surface area contributed by atoms with E-state index in [1.807, 2.05) is 28.8 Å². The van der Waals surface area contributed by atoms with Crippen LogP contribution in [0.15, 0.2) is 206 Å². The number of benzene rings is 9. The molecule has 0 saturated heterocycles. The van der Waals surface area contributed by atoms with E-state index < -0.39 is 5.41 Å². The lowest BCUT2D eigenvalue weighted by atomic mass is 9.68. The van der Waals surface area contributed by atoms with Crippen molar-refractivity contribution in [2.24, 2.45) is 0 Å². The molecule has 5 nitrogen and oxygen atoms in total. The summed E-state index contributed by atoms with van der Waals surface area (Å²) < 4.78 is 6.56. The van der Waals surface area contributed by atoms with Crippen LogP contribution in [0, 0.1) is 0 Å². The molecule has 288 valence electrons. The Kier molecular flexibility index (Phi) is 6.57. The number of hydrogen-bond donors (Lipinski definition) is 0. The maximum atomic E-state index is 15.2. The Hall–Kier alpha value is -8.28. The van der Waals surface area contributed by atoms with E-state index in [1.165, 1.54) is 32.9 Å². The highest BCUT2D eigenvalue weighted by Gasteiger charge is 2.54. The van der Waals surface area contributed by atoms with Crippen molar-refractivity contribution in [1.82, 2.24) is 18.7 Å². The third-order valence-corrected chi connectivity index (χ3v) is 13.6. The first-order chi connectivity index (χ1) is 30.7. The fourth-order valence-corrected chi connectivity index (χ4v) is 11.1. The van der Waals surface area contributed by atoms with E-state index in [2.05, 4.69) is 191 Å². The van der Waals surface area contributed by atoms with Gasteiger partial charge in [-0.05, 0) is 112 Å². The molecule has 1 aliphatic carbocycles. The summed E-state index contributed by atoms with van der Waals surface area (Å²) in [5.74, 6) is 0.679. The zero-order valence-electron chi connectivity index (χ0n) is 33.3. The van der Waals surface area contributed by atoms with Crippen molar-refractivity contribution in [2.45, 2.75) is 5.41 Å². The third kappa shape index (κ3) is 4.21. The zero-order valence-corrected chi connectivity index (χ0v) is 33.3. The maximum absolute atomic E-state index is 15.2. The molecule has 3 aromatic heterocycles. The number of rotatable bonds is 3. The number of imidazole rings is 1. The topological polar surface area (TPSA) is 44.8 Å². The van der Waals surface area contributed by atoms with E-state index in [4.69, 9.17) is 4.98 Å². The number of para-hydroxylation sites is 5. The van der Waals surface area contributed by atoms with E-state index in [9.17, 15) is 0 Å². The molecule has 1 aliphatic heterocycles. The summed E-state index contributed by atoms with van der Waals surface area (Å²) in [7, 11) is 0. The molecular weight excluding hydrogens is 757 g/mol. The van der Waals surface area contributed by atoms with Gasteiger partial charge in [0, 0.05) is 38.5 Å². The lowest BCUT2D eigenvalue weighted by Crippen LogP contribution is -2.40. The summed E-state index contributed by atoms with van der Waals surface area (Å²) in [5, 5.41) is 4.78. The van der Waals surface area contributed by atoms with Crippen LogP contribution in [0.5, 0.6) is 0 Å². The minimum atomic E-state index is -0.780. The average Bonchev–Trinajstić information content (AvgIpc) is 4.07. The number of fused-ring (bicyclic) bond motifs is 17. The van der Waals surface area contributed by atoms with Gasteiger partial charge in [-0.1, -0.05) is 133 Å². The number of aromatic nitrogens is 4. The molecule has 1 spiro atoms. The molecule has 0 unspecified atom stereocenters. The van der Waals surface area contributed by atoms with Crippen molar-refractivity contribution >= 4 is 60.6 Å². The van der Waals surface area contributed by atoms with Gasteiger partial charge in [-0.2, -0.15) is 0 Å². The SMILES string of the molecule is O=C1c2cc(-n3c4ccccc4c4cc(-c5ccc6c(c5)c5ccccc5n6-c5ccccc5)ccc43)ccc2C2(c3ccccc3-c3ccccc32)c2nc3ccccc3n21. The van der Waals surface area contributed by atoms with Gasteiger partial charge in [0.25, 0.3) is 5.91 Å². The van der Waals surface area contributed by atoms with Crippen LogP contribution < -0.4 is 0 Å². The Morgan fingerprint density at radius 1 is 0.355 bits per heavy atom.